The normalized spacial score (nSPS) is 14.1. The van der Waals surface area contributed by atoms with E-state index < -0.39 is 34.5 Å². The lowest BCUT2D eigenvalue weighted by molar-refractivity contribution is -0.138. The van der Waals surface area contributed by atoms with Crippen LogP contribution in [0.4, 0.5) is 5.69 Å². The molecule has 192 valence electrons. The lowest BCUT2D eigenvalue weighted by Gasteiger charge is -2.19. The molecule has 1 aliphatic rings. The van der Waals surface area contributed by atoms with Gasteiger partial charge >= 0.3 is 11.9 Å². The number of nitrogens with one attached hydrogen (secondary N) is 3. The van der Waals surface area contributed by atoms with Gasteiger partial charge in [0.05, 0.1) is 23.0 Å². The Morgan fingerprint density at radius 1 is 1.03 bits per heavy atom. The topological polar surface area (TPSA) is 152 Å². The number of nitrogens with zero attached hydrogens (tertiary/aromatic N) is 1. The molecule has 4 rings (SSSR count). The summed E-state index contributed by atoms with van der Waals surface area (Å²) in [5, 5.41) is 6.40. The lowest BCUT2D eigenvalue weighted by atomic mass is 10.0. The molecule has 0 aliphatic carbocycles. The van der Waals surface area contributed by atoms with Crippen LogP contribution in [0.2, 0.25) is 0 Å². The van der Waals surface area contributed by atoms with Crippen LogP contribution in [0.15, 0.2) is 88.8 Å². The molecular formula is C26H27N5O5S. The molecule has 0 bridgehead atoms. The number of benzene rings is 3. The van der Waals surface area contributed by atoms with E-state index in [9.17, 15) is 18.0 Å². The SMILES string of the molecule is N[C@H](CC(=O)OC(=O)c1ccc(-c2ccccc2)c(NC2=NCCCN2)c1)NS(=O)(=O)c1ccccc1. The Morgan fingerprint density at radius 3 is 2.41 bits per heavy atom. The fourth-order valence-electron chi connectivity index (χ4n) is 3.68. The Labute approximate surface area is 215 Å². The number of aliphatic imine (C=N–C) groups is 1. The number of ether oxygens (including phenoxy) is 1. The van der Waals surface area contributed by atoms with Gasteiger partial charge in [-0.2, -0.15) is 4.72 Å². The number of guanidine groups is 1. The minimum absolute atomic E-state index is 0.00508. The maximum absolute atomic E-state index is 12.7. The average Bonchev–Trinajstić information content (AvgIpc) is 2.90. The third-order valence-corrected chi connectivity index (χ3v) is 6.95. The molecule has 1 atom stereocenters. The van der Waals surface area contributed by atoms with Gasteiger partial charge in [-0.25, -0.2) is 13.2 Å². The molecule has 11 heteroatoms. The zero-order valence-corrected chi connectivity index (χ0v) is 20.7. The van der Waals surface area contributed by atoms with E-state index in [1.165, 1.54) is 12.1 Å². The standard InChI is InChI=1S/C26H27N5O5S/c27-23(31-37(34,35)20-10-5-2-6-11-20)17-24(32)36-25(33)19-12-13-21(18-8-3-1-4-9-18)22(16-19)30-26-28-14-7-15-29-26/h1-6,8-13,16,23,31H,7,14-15,17,27H2,(H2,28,29,30)/t23-/m0/s1. The molecule has 0 aromatic heterocycles. The molecule has 0 fully saturated rings. The number of esters is 2. The van der Waals surface area contributed by atoms with Crippen molar-refractivity contribution in [3.63, 3.8) is 0 Å². The first-order chi connectivity index (χ1) is 17.8. The van der Waals surface area contributed by atoms with E-state index in [1.807, 2.05) is 30.3 Å². The Hall–Kier alpha value is -4.06. The zero-order chi connectivity index (χ0) is 26.3. The summed E-state index contributed by atoms with van der Waals surface area (Å²) >= 11 is 0. The highest BCUT2D eigenvalue weighted by molar-refractivity contribution is 7.89. The molecule has 0 saturated carbocycles. The number of hydrogen-bond donors (Lipinski definition) is 4. The van der Waals surface area contributed by atoms with Gasteiger partial charge in [-0.05, 0) is 36.2 Å². The number of hydrogen-bond acceptors (Lipinski definition) is 9. The van der Waals surface area contributed by atoms with Crippen LogP contribution in [0, 0.1) is 0 Å². The molecule has 37 heavy (non-hydrogen) atoms. The quantitative estimate of drug-likeness (QED) is 0.200. The van der Waals surface area contributed by atoms with Gasteiger partial charge in [0, 0.05) is 24.3 Å². The first-order valence-electron chi connectivity index (χ1n) is 11.6. The van der Waals surface area contributed by atoms with Gasteiger partial charge in [-0.3, -0.25) is 9.79 Å². The molecule has 0 radical (unpaired) electrons. The molecule has 3 aromatic rings. The van der Waals surface area contributed by atoms with Crippen molar-refractivity contribution in [3.8, 4) is 11.1 Å². The maximum atomic E-state index is 12.7. The van der Waals surface area contributed by atoms with Crippen molar-refractivity contribution in [2.24, 2.45) is 10.7 Å². The van der Waals surface area contributed by atoms with Crippen LogP contribution in [0.25, 0.3) is 11.1 Å². The minimum atomic E-state index is -3.93. The van der Waals surface area contributed by atoms with E-state index in [1.54, 1.807) is 36.4 Å². The summed E-state index contributed by atoms with van der Waals surface area (Å²) in [5.74, 6) is -1.26. The van der Waals surface area contributed by atoms with Crippen molar-refractivity contribution in [2.45, 2.75) is 23.9 Å². The van der Waals surface area contributed by atoms with Gasteiger partial charge in [0.15, 0.2) is 5.96 Å². The summed E-state index contributed by atoms with van der Waals surface area (Å²) in [6.45, 7) is 1.46. The largest absolute Gasteiger partial charge is 0.389 e. The Kier molecular flexibility index (Phi) is 8.29. The Balaban J connectivity index is 1.45. The fraction of sp³-hybridized carbons (Fsp3) is 0.192. The van der Waals surface area contributed by atoms with Crippen molar-refractivity contribution in [1.29, 1.82) is 0 Å². The first-order valence-corrected chi connectivity index (χ1v) is 13.1. The third kappa shape index (κ3) is 7.00. The summed E-state index contributed by atoms with van der Waals surface area (Å²) in [5.41, 5.74) is 8.28. The average molecular weight is 522 g/mol. The first kappa shape index (κ1) is 26.0. The Morgan fingerprint density at radius 2 is 1.73 bits per heavy atom. The van der Waals surface area contributed by atoms with E-state index >= 15 is 0 Å². The number of rotatable bonds is 8. The summed E-state index contributed by atoms with van der Waals surface area (Å²) in [4.78, 5) is 29.5. The predicted molar refractivity (Wildman–Crippen MR) is 140 cm³/mol. The molecule has 3 aromatic carbocycles. The van der Waals surface area contributed by atoms with Crippen LogP contribution < -0.4 is 21.1 Å². The van der Waals surface area contributed by atoms with Crippen molar-refractivity contribution < 1.29 is 22.7 Å². The monoisotopic (exact) mass is 521 g/mol. The second-order valence-corrected chi connectivity index (χ2v) is 9.98. The highest BCUT2D eigenvalue weighted by Crippen LogP contribution is 2.29. The van der Waals surface area contributed by atoms with Crippen LogP contribution in [-0.2, 0) is 19.6 Å². The van der Waals surface area contributed by atoms with Gasteiger partial charge in [0.25, 0.3) is 0 Å². The van der Waals surface area contributed by atoms with Gasteiger partial charge in [-0.15, -0.1) is 0 Å². The van der Waals surface area contributed by atoms with E-state index in [0.29, 0.717) is 18.2 Å². The highest BCUT2D eigenvalue weighted by Gasteiger charge is 2.22. The van der Waals surface area contributed by atoms with Crippen LogP contribution >= 0.6 is 0 Å². The molecule has 1 aliphatic heterocycles. The highest BCUT2D eigenvalue weighted by atomic mass is 32.2. The molecular weight excluding hydrogens is 494 g/mol. The third-order valence-electron chi connectivity index (χ3n) is 5.44. The van der Waals surface area contributed by atoms with Gasteiger partial charge < -0.3 is 21.1 Å². The second kappa shape index (κ2) is 11.8. The number of carbonyl (C=O) groups excluding carboxylic acids is 2. The van der Waals surface area contributed by atoms with E-state index in [4.69, 9.17) is 10.5 Å². The van der Waals surface area contributed by atoms with Gasteiger partial charge in [0.1, 0.15) is 0 Å². The number of sulfonamides is 1. The Bertz CT molecular complexity index is 1400. The van der Waals surface area contributed by atoms with E-state index in [2.05, 4.69) is 20.3 Å². The van der Waals surface area contributed by atoms with Crippen molar-refractivity contribution >= 4 is 33.6 Å². The number of carbonyl (C=O) groups is 2. The maximum Gasteiger partial charge on any atom is 0.345 e. The molecule has 0 saturated heterocycles. The molecule has 0 unspecified atom stereocenters. The lowest BCUT2D eigenvalue weighted by Crippen LogP contribution is -2.43. The molecule has 10 nitrogen and oxygen atoms in total. The summed E-state index contributed by atoms with van der Waals surface area (Å²) in [7, 11) is -3.93. The molecule has 0 spiro atoms. The number of anilines is 1. The van der Waals surface area contributed by atoms with Crippen LogP contribution in [-0.4, -0.2) is 45.6 Å². The van der Waals surface area contributed by atoms with Gasteiger partial charge in [-0.1, -0.05) is 54.6 Å². The summed E-state index contributed by atoms with van der Waals surface area (Å²) in [6, 6.07) is 22.1. The van der Waals surface area contributed by atoms with Crippen molar-refractivity contribution in [3.05, 3.63) is 84.4 Å². The van der Waals surface area contributed by atoms with Crippen molar-refractivity contribution in [1.82, 2.24) is 10.0 Å². The van der Waals surface area contributed by atoms with Crippen LogP contribution in [0.5, 0.6) is 0 Å². The summed E-state index contributed by atoms with van der Waals surface area (Å²) < 4.78 is 31.9. The zero-order valence-electron chi connectivity index (χ0n) is 19.9. The predicted octanol–water partition coefficient (Wildman–Crippen LogP) is 2.45. The van der Waals surface area contributed by atoms with Crippen molar-refractivity contribution in [2.75, 3.05) is 18.4 Å². The molecule has 5 N–H and O–H groups in total. The van der Waals surface area contributed by atoms with E-state index in [-0.39, 0.29) is 10.5 Å². The summed E-state index contributed by atoms with van der Waals surface area (Å²) in [6.07, 6.45) is -0.890. The minimum Gasteiger partial charge on any atom is -0.389 e. The number of nitrogens with two attached hydrogens (primary N) is 1. The second-order valence-electron chi connectivity index (χ2n) is 8.27. The van der Waals surface area contributed by atoms with Crippen LogP contribution in [0.1, 0.15) is 23.2 Å². The van der Waals surface area contributed by atoms with Gasteiger partial charge in [0.2, 0.25) is 10.0 Å². The van der Waals surface area contributed by atoms with Crippen LogP contribution in [0.3, 0.4) is 0 Å². The fourth-order valence-corrected chi connectivity index (χ4v) is 4.81. The van der Waals surface area contributed by atoms with E-state index in [0.717, 1.165) is 24.1 Å². The smallest absolute Gasteiger partial charge is 0.345 e. The molecule has 0 amide bonds. The molecule has 1 heterocycles.